The second kappa shape index (κ2) is 16.0. The number of methoxy groups -OCH3 is 1. The summed E-state index contributed by atoms with van der Waals surface area (Å²) in [4.78, 5) is 26.4. The number of ketones is 1. The number of hydrogen-bond acceptors (Lipinski definition) is 7. The number of esters is 1. The fraction of sp³-hybridized carbons (Fsp3) is 0.824. The molecule has 2 atom stereocenters. The molecule has 0 aromatic heterocycles. The van der Waals surface area contributed by atoms with Gasteiger partial charge in [-0.2, -0.15) is 0 Å². The minimum Gasteiger partial charge on any atom is -0.463 e. The Balaban J connectivity index is 3.48. The van der Waals surface area contributed by atoms with Crippen LogP contribution in [0.3, 0.4) is 0 Å². The molecule has 0 amide bonds. The third-order valence-electron chi connectivity index (χ3n) is 3.22. The number of Topliss-reactive ketones (excluding diaryl/α,β-unsaturated/α-hetero) is 1. The lowest BCUT2D eigenvalue weighted by molar-refractivity contribution is -0.151. The average molecular weight is 359 g/mol. The second-order valence-corrected chi connectivity index (χ2v) is 5.37. The van der Waals surface area contributed by atoms with Gasteiger partial charge in [-0.15, -0.1) is 0 Å². The zero-order chi connectivity index (χ0) is 18.9. The van der Waals surface area contributed by atoms with Gasteiger partial charge in [0.1, 0.15) is 6.61 Å². The van der Waals surface area contributed by atoms with Gasteiger partial charge in [0, 0.05) is 20.5 Å². The van der Waals surface area contributed by atoms with Gasteiger partial charge in [0.2, 0.25) is 5.78 Å². The third-order valence-corrected chi connectivity index (χ3v) is 3.22. The van der Waals surface area contributed by atoms with E-state index < -0.39 is 17.9 Å². The molecule has 0 heterocycles. The lowest BCUT2D eigenvalue weighted by Gasteiger charge is -2.11. The van der Waals surface area contributed by atoms with Gasteiger partial charge < -0.3 is 28.5 Å². The Labute approximate surface area is 149 Å². The molecule has 0 rings (SSSR count). The molecule has 0 saturated carbocycles. The highest BCUT2D eigenvalue weighted by Gasteiger charge is 2.24. The van der Waals surface area contributed by atoms with Gasteiger partial charge in [0.15, 0.2) is 0 Å². The van der Waals surface area contributed by atoms with E-state index in [0.29, 0.717) is 39.6 Å². The summed E-state index contributed by atoms with van der Waals surface area (Å²) in [5.41, 5.74) is 0. The molecule has 0 bridgehead atoms. The van der Waals surface area contributed by atoms with E-state index in [2.05, 4.69) is 4.85 Å². The zero-order valence-electron chi connectivity index (χ0n) is 15.3. The minimum atomic E-state index is -0.719. The first-order chi connectivity index (χ1) is 12.0. The number of ether oxygens (including phenoxy) is 5. The Morgan fingerprint density at radius 3 is 1.84 bits per heavy atom. The summed E-state index contributed by atoms with van der Waals surface area (Å²) in [7, 11) is 1.62. The maximum absolute atomic E-state index is 11.7. The first-order valence-electron chi connectivity index (χ1n) is 8.31. The van der Waals surface area contributed by atoms with E-state index in [0.717, 1.165) is 0 Å². The van der Waals surface area contributed by atoms with Gasteiger partial charge in [-0.3, -0.25) is 9.59 Å². The van der Waals surface area contributed by atoms with Crippen molar-refractivity contribution < 1.29 is 33.3 Å². The summed E-state index contributed by atoms with van der Waals surface area (Å²) in [5, 5.41) is 0. The van der Waals surface area contributed by atoms with Crippen LogP contribution in [-0.4, -0.2) is 77.8 Å². The first-order valence-corrected chi connectivity index (χ1v) is 8.31. The molecule has 144 valence electrons. The summed E-state index contributed by atoms with van der Waals surface area (Å²) in [6.45, 7) is 13.2. The molecule has 25 heavy (non-hydrogen) atoms. The molecule has 0 aliphatic heterocycles. The number of carbonyl (C=O) groups is 2. The van der Waals surface area contributed by atoms with Gasteiger partial charge in [0.05, 0.1) is 52.2 Å². The van der Waals surface area contributed by atoms with Crippen LogP contribution < -0.4 is 0 Å². The van der Waals surface area contributed by atoms with E-state index in [9.17, 15) is 9.59 Å². The van der Waals surface area contributed by atoms with Crippen molar-refractivity contribution in [1.29, 1.82) is 0 Å². The van der Waals surface area contributed by atoms with Crippen LogP contribution >= 0.6 is 0 Å². The summed E-state index contributed by atoms with van der Waals surface area (Å²) in [5.74, 6) is -1.27. The Morgan fingerprint density at radius 1 is 0.880 bits per heavy atom. The van der Waals surface area contributed by atoms with Crippen LogP contribution in [-0.2, 0) is 33.3 Å². The molecule has 0 aromatic carbocycles. The zero-order valence-corrected chi connectivity index (χ0v) is 15.3. The Kier molecular flexibility index (Phi) is 15.0. The summed E-state index contributed by atoms with van der Waals surface area (Å²) < 4.78 is 25.7. The highest BCUT2D eigenvalue weighted by molar-refractivity contribution is 5.88. The minimum absolute atomic E-state index is 0.0174. The van der Waals surface area contributed by atoms with E-state index in [1.807, 2.05) is 0 Å². The number of carbonyl (C=O) groups excluding carboxylic acids is 2. The Bertz CT molecular complexity index is 408. The molecule has 0 unspecified atom stereocenters. The monoisotopic (exact) mass is 359 g/mol. The largest absolute Gasteiger partial charge is 0.463 e. The summed E-state index contributed by atoms with van der Waals surface area (Å²) >= 11 is 0. The molecule has 0 spiro atoms. The topological polar surface area (TPSA) is 84.7 Å². The summed E-state index contributed by atoms with van der Waals surface area (Å²) in [6, 6.07) is -0.719. The van der Waals surface area contributed by atoms with Crippen LogP contribution in [0.4, 0.5) is 0 Å². The predicted molar refractivity (Wildman–Crippen MR) is 90.1 cm³/mol. The molecule has 0 aromatic rings. The second-order valence-electron chi connectivity index (χ2n) is 5.37. The van der Waals surface area contributed by atoms with Gasteiger partial charge in [-0.1, -0.05) is 6.92 Å². The lowest BCUT2D eigenvalue weighted by atomic mass is 10.0. The van der Waals surface area contributed by atoms with Crippen LogP contribution in [0.1, 0.15) is 20.3 Å². The standard InChI is InChI=1S/C17H29NO7/c1-14(13-16(19)15(2)18-3)17(20)25-12-11-24-10-9-23-8-7-22-6-5-21-4/h14-15H,5-13H2,1-2,4H3/t14-,15+/m0/s1. The van der Waals surface area contributed by atoms with E-state index >= 15 is 0 Å². The summed E-state index contributed by atoms with van der Waals surface area (Å²) in [6.07, 6.45) is 0.0174. The van der Waals surface area contributed by atoms with Crippen LogP contribution in [0.5, 0.6) is 0 Å². The molecule has 0 N–H and O–H groups in total. The van der Waals surface area contributed by atoms with E-state index in [1.165, 1.54) is 6.92 Å². The highest BCUT2D eigenvalue weighted by Crippen LogP contribution is 2.08. The van der Waals surface area contributed by atoms with Crippen molar-refractivity contribution in [3.63, 3.8) is 0 Å². The smallest absolute Gasteiger partial charge is 0.309 e. The molecule has 0 fully saturated rings. The van der Waals surface area contributed by atoms with Gasteiger partial charge in [0.25, 0.3) is 6.04 Å². The van der Waals surface area contributed by atoms with E-state index in [4.69, 9.17) is 30.3 Å². The van der Waals surface area contributed by atoms with Gasteiger partial charge >= 0.3 is 5.97 Å². The maximum atomic E-state index is 11.7. The average Bonchev–Trinajstić information content (AvgIpc) is 2.61. The van der Waals surface area contributed by atoms with Crippen LogP contribution in [0.25, 0.3) is 4.85 Å². The number of rotatable bonds is 16. The van der Waals surface area contributed by atoms with Crippen molar-refractivity contribution in [3.8, 4) is 0 Å². The quantitative estimate of drug-likeness (QED) is 0.232. The van der Waals surface area contributed by atoms with Crippen molar-refractivity contribution in [1.82, 2.24) is 0 Å². The molecule has 0 aliphatic carbocycles. The van der Waals surface area contributed by atoms with Crippen LogP contribution in [0, 0.1) is 12.5 Å². The Morgan fingerprint density at radius 2 is 1.36 bits per heavy atom. The Hall–Kier alpha value is -1.53. The predicted octanol–water partition coefficient (Wildman–Crippen LogP) is 1.13. The van der Waals surface area contributed by atoms with Crippen LogP contribution in [0.2, 0.25) is 0 Å². The van der Waals surface area contributed by atoms with E-state index in [1.54, 1.807) is 14.0 Å². The number of nitrogens with zero attached hydrogens (tertiary/aromatic N) is 1. The lowest BCUT2D eigenvalue weighted by Crippen LogP contribution is -2.23. The van der Waals surface area contributed by atoms with Gasteiger partial charge in [-0.05, 0) is 0 Å². The molecule has 0 aliphatic rings. The van der Waals surface area contributed by atoms with Gasteiger partial charge in [-0.25, -0.2) is 6.57 Å². The van der Waals surface area contributed by atoms with Crippen molar-refractivity contribution in [2.24, 2.45) is 5.92 Å². The SMILES string of the molecule is [C-]#[N+][C@H](C)C(=O)C[C@H](C)C(=O)OCCOCCOCCOCCOC. The van der Waals surface area contributed by atoms with E-state index in [-0.39, 0.29) is 25.4 Å². The maximum Gasteiger partial charge on any atom is 0.309 e. The highest BCUT2D eigenvalue weighted by atomic mass is 16.6. The van der Waals surface area contributed by atoms with Crippen molar-refractivity contribution >= 4 is 11.8 Å². The van der Waals surface area contributed by atoms with Crippen molar-refractivity contribution in [3.05, 3.63) is 11.4 Å². The molecule has 8 nitrogen and oxygen atoms in total. The number of hydrogen-bond donors (Lipinski definition) is 0. The molecule has 8 heteroatoms. The molecular formula is C17H29NO7. The van der Waals surface area contributed by atoms with Crippen LogP contribution in [0.15, 0.2) is 0 Å². The fourth-order valence-electron chi connectivity index (χ4n) is 1.66. The molecule has 0 radical (unpaired) electrons. The normalized spacial score (nSPS) is 13.0. The molecular weight excluding hydrogens is 330 g/mol. The fourth-order valence-corrected chi connectivity index (χ4v) is 1.66. The van der Waals surface area contributed by atoms with Crippen molar-refractivity contribution in [2.45, 2.75) is 26.3 Å². The van der Waals surface area contributed by atoms with Crippen molar-refractivity contribution in [2.75, 3.05) is 60.0 Å². The third kappa shape index (κ3) is 13.4. The molecule has 0 saturated heterocycles. The first kappa shape index (κ1) is 23.5.